The topological polar surface area (TPSA) is 94.7 Å². The number of aromatic nitrogens is 2. The van der Waals surface area contributed by atoms with Crippen LogP contribution in [0.3, 0.4) is 0 Å². The number of benzene rings is 1. The quantitative estimate of drug-likeness (QED) is 0.334. The third-order valence-electron chi connectivity index (χ3n) is 2.88. The van der Waals surface area contributed by atoms with Crippen molar-refractivity contribution in [3.63, 3.8) is 0 Å². The van der Waals surface area contributed by atoms with Crippen LogP contribution >= 0.6 is 34.4 Å². The Balaban J connectivity index is 1.81. The number of fused-ring (bicyclic) bond motifs is 1. The van der Waals surface area contributed by atoms with Crippen molar-refractivity contribution in [3.8, 4) is 11.5 Å². The van der Waals surface area contributed by atoms with Crippen molar-refractivity contribution >= 4 is 57.2 Å². The summed E-state index contributed by atoms with van der Waals surface area (Å²) in [7, 11) is 1.76. The molecule has 0 radical (unpaired) electrons. The summed E-state index contributed by atoms with van der Waals surface area (Å²) in [6.45, 7) is 0.261. The molecule has 0 bridgehead atoms. The fourth-order valence-corrected chi connectivity index (χ4v) is 3.27. The lowest BCUT2D eigenvalue weighted by Gasteiger charge is -2.05. The van der Waals surface area contributed by atoms with Crippen molar-refractivity contribution < 1.29 is 9.47 Å². The van der Waals surface area contributed by atoms with Crippen LogP contribution in [0.5, 0.6) is 11.5 Å². The van der Waals surface area contributed by atoms with Crippen LogP contribution in [-0.4, -0.2) is 29.4 Å². The van der Waals surface area contributed by atoms with Gasteiger partial charge in [-0.3, -0.25) is 0 Å². The van der Waals surface area contributed by atoms with Gasteiger partial charge in [-0.2, -0.15) is 0 Å². The van der Waals surface area contributed by atoms with Gasteiger partial charge in [0.1, 0.15) is 12.0 Å². The average Bonchev–Trinajstić information content (AvgIpc) is 2.95. The maximum Gasteiger partial charge on any atom is 0.231 e. The Labute approximate surface area is 144 Å². The van der Waals surface area contributed by atoms with Crippen LogP contribution in [0.1, 0.15) is 0 Å². The Morgan fingerprint density at radius 3 is 2.91 bits per heavy atom. The molecule has 0 atom stereocenters. The highest BCUT2D eigenvalue weighted by Gasteiger charge is 2.16. The van der Waals surface area contributed by atoms with E-state index in [1.54, 1.807) is 12.6 Å². The van der Waals surface area contributed by atoms with Crippen molar-refractivity contribution in [1.29, 1.82) is 0 Å². The Kier molecular flexibility index (Phi) is 4.52. The van der Waals surface area contributed by atoms with Gasteiger partial charge >= 0.3 is 0 Å². The number of nitrogen functional groups attached to an aromatic ring is 1. The summed E-state index contributed by atoms with van der Waals surface area (Å²) in [5.41, 5.74) is 8.05. The van der Waals surface area contributed by atoms with Gasteiger partial charge in [-0.25, -0.2) is 15.0 Å². The van der Waals surface area contributed by atoms with E-state index in [-0.39, 0.29) is 6.79 Å². The summed E-state index contributed by atoms with van der Waals surface area (Å²) in [6, 6.07) is 3.88. The van der Waals surface area contributed by atoms with Gasteiger partial charge in [-0.1, -0.05) is 11.8 Å². The third-order valence-corrected chi connectivity index (χ3v) is 4.94. The van der Waals surface area contributed by atoms with Gasteiger partial charge in [0, 0.05) is 15.5 Å². The highest BCUT2D eigenvalue weighted by Crippen LogP contribution is 2.38. The van der Waals surface area contributed by atoms with E-state index in [0.717, 1.165) is 20.0 Å². The lowest BCUT2D eigenvalue weighted by Crippen LogP contribution is -1.98. The number of nitrogens with two attached hydrogens (primary N) is 1. The van der Waals surface area contributed by atoms with E-state index >= 15 is 0 Å². The number of hydrogen-bond donors (Lipinski definition) is 2. The molecule has 22 heavy (non-hydrogen) atoms. The van der Waals surface area contributed by atoms with Crippen LogP contribution in [0.2, 0.25) is 0 Å². The summed E-state index contributed by atoms with van der Waals surface area (Å²) in [6.07, 6.45) is 1.40. The molecule has 7 nitrogen and oxygen atoms in total. The number of rotatable bonds is 4. The second-order valence-electron chi connectivity index (χ2n) is 4.19. The van der Waals surface area contributed by atoms with Crippen LogP contribution in [0.15, 0.2) is 28.3 Å². The fourth-order valence-electron chi connectivity index (χ4n) is 1.83. The molecule has 1 aliphatic heterocycles. The second-order valence-corrected chi connectivity index (χ2v) is 6.24. The van der Waals surface area contributed by atoms with Gasteiger partial charge in [0.2, 0.25) is 6.79 Å². The molecule has 3 N–H and O–H groups in total. The van der Waals surface area contributed by atoms with Gasteiger partial charge in [0.25, 0.3) is 0 Å². The number of ether oxygens (including phenoxy) is 2. The minimum atomic E-state index is 0.261. The largest absolute Gasteiger partial charge is 0.454 e. The van der Waals surface area contributed by atoms with E-state index in [0.29, 0.717) is 17.3 Å². The smallest absolute Gasteiger partial charge is 0.231 e. The molecule has 2 heterocycles. The maximum atomic E-state index is 5.83. The molecule has 114 valence electrons. The molecular formula is C13H12IN5O2S. The van der Waals surface area contributed by atoms with Crippen LogP contribution in [0.4, 0.5) is 17.3 Å². The third kappa shape index (κ3) is 3.04. The Morgan fingerprint density at radius 2 is 2.14 bits per heavy atom. The second kappa shape index (κ2) is 6.57. The Morgan fingerprint density at radius 1 is 1.36 bits per heavy atom. The molecule has 1 aliphatic rings. The highest BCUT2D eigenvalue weighted by atomic mass is 127. The van der Waals surface area contributed by atoms with Crippen LogP contribution in [0.25, 0.3) is 0 Å². The summed E-state index contributed by atoms with van der Waals surface area (Å²) >= 11 is 3.71. The minimum Gasteiger partial charge on any atom is -0.454 e. The van der Waals surface area contributed by atoms with Crippen molar-refractivity contribution in [1.82, 2.24) is 9.97 Å². The normalized spacial score (nSPS) is 12.8. The average molecular weight is 429 g/mol. The molecule has 0 saturated carbocycles. The van der Waals surface area contributed by atoms with E-state index < -0.39 is 0 Å². The van der Waals surface area contributed by atoms with Gasteiger partial charge in [0.05, 0.1) is 5.55 Å². The molecule has 0 spiro atoms. The van der Waals surface area contributed by atoms with Gasteiger partial charge in [-0.05, 0) is 34.7 Å². The first-order valence-electron chi connectivity index (χ1n) is 6.25. The van der Waals surface area contributed by atoms with Gasteiger partial charge < -0.3 is 20.5 Å². The standard InChI is InChI=1S/C13H12IN5O2S/c1-16-13-11(12(15)17-4-18-13)19-5-22-10-3-9-8(2-7(10)14)20-6-21-9/h2-5H,6H2,1H3,(H3,15,16,17,18)/b19-5+. The van der Waals surface area contributed by atoms with Gasteiger partial charge in [-0.15, -0.1) is 0 Å². The van der Waals surface area contributed by atoms with E-state index in [4.69, 9.17) is 15.2 Å². The number of nitrogens with zero attached hydrogens (tertiary/aromatic N) is 3. The molecule has 0 unspecified atom stereocenters. The Bertz CT molecular complexity index is 741. The zero-order valence-corrected chi connectivity index (χ0v) is 14.5. The first-order valence-corrected chi connectivity index (χ1v) is 8.21. The van der Waals surface area contributed by atoms with E-state index in [1.165, 1.54) is 18.1 Å². The van der Waals surface area contributed by atoms with Crippen molar-refractivity contribution in [2.45, 2.75) is 4.90 Å². The van der Waals surface area contributed by atoms with Crippen LogP contribution < -0.4 is 20.5 Å². The molecule has 1 aromatic heterocycles. The summed E-state index contributed by atoms with van der Waals surface area (Å²) < 4.78 is 11.8. The fraction of sp³-hybridized carbons (Fsp3) is 0.154. The SMILES string of the molecule is CNc1ncnc(N)c1/N=C/Sc1cc2c(cc1I)OCO2. The first-order chi connectivity index (χ1) is 10.7. The number of anilines is 2. The monoisotopic (exact) mass is 429 g/mol. The van der Waals surface area contributed by atoms with Crippen LogP contribution in [0, 0.1) is 3.57 Å². The number of thioether (sulfide) groups is 1. The zero-order chi connectivity index (χ0) is 15.5. The van der Waals surface area contributed by atoms with Crippen LogP contribution in [-0.2, 0) is 0 Å². The number of halogens is 1. The summed E-state index contributed by atoms with van der Waals surface area (Å²) in [4.78, 5) is 13.4. The lowest BCUT2D eigenvalue weighted by atomic mass is 10.3. The molecule has 1 aromatic carbocycles. The van der Waals surface area contributed by atoms with Crippen molar-refractivity contribution in [2.24, 2.45) is 4.99 Å². The van der Waals surface area contributed by atoms with E-state index in [2.05, 4.69) is 42.9 Å². The molecule has 9 heteroatoms. The van der Waals surface area contributed by atoms with Gasteiger partial charge in [0.15, 0.2) is 23.1 Å². The molecular weight excluding hydrogens is 417 g/mol. The molecule has 0 aliphatic carbocycles. The highest BCUT2D eigenvalue weighted by molar-refractivity contribution is 14.1. The predicted molar refractivity (Wildman–Crippen MR) is 95.3 cm³/mol. The van der Waals surface area contributed by atoms with E-state index in [1.807, 2.05) is 12.1 Å². The summed E-state index contributed by atoms with van der Waals surface area (Å²) in [5.74, 6) is 2.43. The van der Waals surface area contributed by atoms with E-state index in [9.17, 15) is 0 Å². The minimum absolute atomic E-state index is 0.261. The molecule has 3 rings (SSSR count). The predicted octanol–water partition coefficient (Wildman–Crippen LogP) is 2.89. The van der Waals surface area contributed by atoms with Crippen molar-refractivity contribution in [3.05, 3.63) is 22.0 Å². The molecule has 0 saturated heterocycles. The molecule has 0 amide bonds. The summed E-state index contributed by atoms with van der Waals surface area (Å²) in [5, 5.41) is 2.94. The zero-order valence-electron chi connectivity index (χ0n) is 11.5. The molecule has 0 fully saturated rings. The number of nitrogens with one attached hydrogen (secondary N) is 1. The number of aliphatic imine (C=N–C) groups is 1. The Hall–Kier alpha value is -1.75. The first kappa shape index (κ1) is 15.2. The number of hydrogen-bond acceptors (Lipinski definition) is 8. The lowest BCUT2D eigenvalue weighted by molar-refractivity contribution is 0.174. The van der Waals surface area contributed by atoms with Crippen molar-refractivity contribution in [2.75, 3.05) is 24.9 Å². The maximum absolute atomic E-state index is 5.83. The molecule has 2 aromatic rings.